The molecular weight excluding hydrogens is 244 g/mol. The zero-order valence-corrected chi connectivity index (χ0v) is 11.1. The van der Waals surface area contributed by atoms with Crippen molar-refractivity contribution in [2.24, 2.45) is 5.10 Å². The highest BCUT2D eigenvalue weighted by molar-refractivity contribution is 5.87. The fourth-order valence-electron chi connectivity index (χ4n) is 1.52. The summed E-state index contributed by atoms with van der Waals surface area (Å²) >= 11 is 0. The molecule has 5 nitrogen and oxygen atoms in total. The summed E-state index contributed by atoms with van der Waals surface area (Å²) in [7, 11) is 0. The molecule has 0 atom stereocenters. The Morgan fingerprint density at radius 2 is 2.11 bits per heavy atom. The molecule has 0 saturated carbocycles. The van der Waals surface area contributed by atoms with E-state index in [0.29, 0.717) is 5.76 Å². The minimum atomic E-state index is -0.597. The number of amides is 1. The van der Waals surface area contributed by atoms with E-state index in [-0.39, 0.29) is 0 Å². The third-order valence-electron chi connectivity index (χ3n) is 2.19. The largest absolute Gasteiger partial charge is 0.455 e. The Balaban J connectivity index is 1.97. The van der Waals surface area contributed by atoms with Gasteiger partial charge in [0.05, 0.1) is 6.21 Å². The minimum absolute atomic E-state index is 0.543. The first kappa shape index (κ1) is 13.1. The summed E-state index contributed by atoms with van der Waals surface area (Å²) in [6.45, 7) is 5.36. The monoisotopic (exact) mass is 260 g/mol. The molecule has 0 aliphatic heterocycles. The van der Waals surface area contributed by atoms with Crippen LogP contribution in [0, 0.1) is 0 Å². The number of carbonyl (C=O) groups is 1. The van der Waals surface area contributed by atoms with Gasteiger partial charge in [-0.2, -0.15) is 5.10 Å². The van der Waals surface area contributed by atoms with Gasteiger partial charge < -0.3 is 9.15 Å². The highest BCUT2D eigenvalue weighted by atomic mass is 16.6. The number of carbonyl (C=O) groups excluding carboxylic acids is 1. The third kappa shape index (κ3) is 3.84. The summed E-state index contributed by atoms with van der Waals surface area (Å²) in [5.41, 5.74) is 2.52. The summed E-state index contributed by atoms with van der Waals surface area (Å²) < 4.78 is 10.5. The standard InChI is InChI=1S/C14H16N2O3/c1-14(2,3)19-13(17)16-15-9-11-8-10-6-4-5-7-12(10)18-11/h4-9H,1-3H3,(H,16,17)/b15-9+. The van der Waals surface area contributed by atoms with E-state index < -0.39 is 11.7 Å². The Morgan fingerprint density at radius 3 is 2.79 bits per heavy atom. The zero-order valence-electron chi connectivity index (χ0n) is 11.1. The van der Waals surface area contributed by atoms with Crippen LogP contribution >= 0.6 is 0 Å². The Kier molecular flexibility index (Phi) is 3.55. The van der Waals surface area contributed by atoms with E-state index in [0.717, 1.165) is 11.0 Å². The number of furan rings is 1. The van der Waals surface area contributed by atoms with Gasteiger partial charge in [-0.05, 0) is 32.9 Å². The third-order valence-corrected chi connectivity index (χ3v) is 2.19. The Hall–Kier alpha value is -2.30. The number of benzene rings is 1. The fourth-order valence-corrected chi connectivity index (χ4v) is 1.52. The number of rotatable bonds is 2. The Morgan fingerprint density at radius 1 is 1.37 bits per heavy atom. The molecule has 1 aromatic heterocycles. The molecule has 1 aromatic carbocycles. The second-order valence-corrected chi connectivity index (χ2v) is 5.06. The fraction of sp³-hybridized carbons (Fsp3) is 0.286. The first-order valence-electron chi connectivity index (χ1n) is 5.95. The first-order valence-corrected chi connectivity index (χ1v) is 5.95. The molecular formula is C14H16N2O3. The Bertz CT molecular complexity index is 575. The summed E-state index contributed by atoms with van der Waals surface area (Å²) in [6, 6.07) is 9.48. The molecule has 2 aromatic rings. The lowest BCUT2D eigenvalue weighted by molar-refractivity contribution is 0.0529. The quantitative estimate of drug-likeness (QED) is 0.665. The van der Waals surface area contributed by atoms with Crippen molar-refractivity contribution in [1.82, 2.24) is 5.43 Å². The average Bonchev–Trinajstić information content (AvgIpc) is 2.68. The number of ether oxygens (including phenoxy) is 1. The van der Waals surface area contributed by atoms with E-state index in [1.54, 1.807) is 20.8 Å². The molecule has 1 N–H and O–H groups in total. The van der Waals surface area contributed by atoms with Gasteiger partial charge in [-0.3, -0.25) is 0 Å². The highest BCUT2D eigenvalue weighted by Gasteiger charge is 2.15. The predicted octanol–water partition coefficient (Wildman–Crippen LogP) is 3.29. The van der Waals surface area contributed by atoms with Crippen LogP contribution in [0.25, 0.3) is 11.0 Å². The van der Waals surface area contributed by atoms with Gasteiger partial charge in [-0.1, -0.05) is 18.2 Å². The molecule has 0 aliphatic carbocycles. The lowest BCUT2D eigenvalue weighted by Gasteiger charge is -2.18. The topological polar surface area (TPSA) is 63.8 Å². The molecule has 1 amide bonds. The van der Waals surface area contributed by atoms with Crippen LogP contribution in [-0.2, 0) is 4.74 Å². The van der Waals surface area contributed by atoms with Crippen molar-refractivity contribution in [3.63, 3.8) is 0 Å². The van der Waals surface area contributed by atoms with Gasteiger partial charge >= 0.3 is 6.09 Å². The van der Waals surface area contributed by atoms with Crippen molar-refractivity contribution in [2.75, 3.05) is 0 Å². The van der Waals surface area contributed by atoms with Crippen LogP contribution in [-0.4, -0.2) is 17.9 Å². The summed E-state index contributed by atoms with van der Waals surface area (Å²) in [5, 5.41) is 4.76. The van der Waals surface area contributed by atoms with Crippen LogP contribution in [0.3, 0.4) is 0 Å². The maximum absolute atomic E-state index is 11.3. The molecule has 100 valence electrons. The first-order chi connectivity index (χ1) is 8.94. The van der Waals surface area contributed by atoms with E-state index >= 15 is 0 Å². The molecule has 2 rings (SSSR count). The van der Waals surface area contributed by atoms with Crippen molar-refractivity contribution in [3.8, 4) is 0 Å². The average molecular weight is 260 g/mol. The van der Waals surface area contributed by atoms with Gasteiger partial charge in [0.15, 0.2) is 0 Å². The van der Waals surface area contributed by atoms with Crippen LogP contribution in [0.4, 0.5) is 4.79 Å². The molecule has 0 radical (unpaired) electrons. The van der Waals surface area contributed by atoms with Gasteiger partial charge in [0.1, 0.15) is 16.9 Å². The van der Waals surface area contributed by atoms with Crippen LogP contribution in [0.2, 0.25) is 0 Å². The van der Waals surface area contributed by atoms with Gasteiger partial charge in [0, 0.05) is 5.39 Å². The molecule has 0 bridgehead atoms. The predicted molar refractivity (Wildman–Crippen MR) is 73.2 cm³/mol. The number of nitrogens with one attached hydrogen (secondary N) is 1. The second kappa shape index (κ2) is 5.14. The molecule has 0 unspecified atom stereocenters. The number of fused-ring (bicyclic) bond motifs is 1. The molecule has 5 heteroatoms. The van der Waals surface area contributed by atoms with Crippen LogP contribution in [0.5, 0.6) is 0 Å². The normalized spacial score (nSPS) is 11.9. The van der Waals surface area contributed by atoms with Crippen molar-refractivity contribution >= 4 is 23.3 Å². The highest BCUT2D eigenvalue weighted by Crippen LogP contribution is 2.17. The van der Waals surface area contributed by atoms with Gasteiger partial charge in [0.25, 0.3) is 0 Å². The summed E-state index contributed by atoms with van der Waals surface area (Å²) in [5.74, 6) is 0.567. The van der Waals surface area contributed by atoms with Gasteiger partial charge in [0.2, 0.25) is 0 Å². The number of para-hydroxylation sites is 1. The van der Waals surface area contributed by atoms with E-state index in [1.807, 2.05) is 30.3 Å². The Labute approximate surface area is 111 Å². The van der Waals surface area contributed by atoms with Gasteiger partial charge in [-0.25, -0.2) is 10.2 Å². The molecule has 0 fully saturated rings. The van der Waals surface area contributed by atoms with E-state index in [9.17, 15) is 4.79 Å². The van der Waals surface area contributed by atoms with Crippen LogP contribution < -0.4 is 5.43 Å². The lowest BCUT2D eigenvalue weighted by Crippen LogP contribution is -2.29. The van der Waals surface area contributed by atoms with Crippen molar-refractivity contribution < 1.29 is 13.9 Å². The van der Waals surface area contributed by atoms with E-state index in [4.69, 9.17) is 9.15 Å². The zero-order chi connectivity index (χ0) is 13.9. The molecule has 1 heterocycles. The SMILES string of the molecule is CC(C)(C)OC(=O)N/N=C/c1cc2ccccc2o1. The molecule has 0 saturated heterocycles. The van der Waals surface area contributed by atoms with Gasteiger partial charge in [-0.15, -0.1) is 0 Å². The van der Waals surface area contributed by atoms with E-state index in [1.165, 1.54) is 6.21 Å². The second-order valence-electron chi connectivity index (χ2n) is 5.06. The van der Waals surface area contributed by atoms with Crippen molar-refractivity contribution in [1.29, 1.82) is 0 Å². The smallest absolute Gasteiger partial charge is 0.428 e. The van der Waals surface area contributed by atoms with Crippen LogP contribution in [0.15, 0.2) is 39.9 Å². The molecule has 19 heavy (non-hydrogen) atoms. The molecule has 0 spiro atoms. The van der Waals surface area contributed by atoms with Crippen LogP contribution in [0.1, 0.15) is 26.5 Å². The van der Waals surface area contributed by atoms with E-state index in [2.05, 4.69) is 10.5 Å². The number of hydrogen-bond acceptors (Lipinski definition) is 4. The minimum Gasteiger partial charge on any atom is -0.455 e. The molecule has 0 aliphatic rings. The summed E-state index contributed by atoms with van der Waals surface area (Å²) in [6.07, 6.45) is 0.837. The maximum atomic E-state index is 11.3. The number of nitrogens with zero attached hydrogens (tertiary/aromatic N) is 1. The van der Waals surface area contributed by atoms with Crippen molar-refractivity contribution in [3.05, 3.63) is 36.1 Å². The number of hydrogen-bond donors (Lipinski definition) is 1. The number of hydrazone groups is 1. The maximum Gasteiger partial charge on any atom is 0.428 e. The summed E-state index contributed by atoms with van der Waals surface area (Å²) in [4.78, 5) is 11.3. The van der Waals surface area contributed by atoms with Crippen molar-refractivity contribution in [2.45, 2.75) is 26.4 Å². The lowest BCUT2D eigenvalue weighted by atomic mass is 10.2.